The van der Waals surface area contributed by atoms with Gasteiger partial charge >= 0.3 is 0 Å². The molecule has 0 aliphatic rings. The van der Waals surface area contributed by atoms with Crippen LogP contribution >= 0.6 is 54.8 Å². The van der Waals surface area contributed by atoms with Crippen molar-refractivity contribution in [1.82, 2.24) is 9.78 Å². The standard InChI is InChI=1S/C13H15Br2ClN2OS/c1-3-8-12(16)9(18(4-2)17-8)6-10(19)11-5-7(14)13(15)20-11/h5,10,19H,3-4,6H2,1-2H3. The van der Waals surface area contributed by atoms with Crippen LogP contribution in [0.15, 0.2) is 14.3 Å². The summed E-state index contributed by atoms with van der Waals surface area (Å²) in [5, 5.41) is 15.6. The summed E-state index contributed by atoms with van der Waals surface area (Å²) in [4.78, 5) is 0.904. The van der Waals surface area contributed by atoms with Gasteiger partial charge in [0.1, 0.15) is 0 Å². The van der Waals surface area contributed by atoms with Crippen LogP contribution in [0.25, 0.3) is 0 Å². The molecule has 1 N–H and O–H groups in total. The molecule has 0 bridgehead atoms. The lowest BCUT2D eigenvalue weighted by molar-refractivity contribution is 0.179. The Hall–Kier alpha value is 0.120. The predicted molar refractivity (Wildman–Crippen MR) is 90.7 cm³/mol. The summed E-state index contributed by atoms with van der Waals surface area (Å²) >= 11 is 14.8. The number of hydrogen-bond donors (Lipinski definition) is 1. The molecule has 0 saturated carbocycles. The lowest BCUT2D eigenvalue weighted by atomic mass is 10.1. The normalized spacial score (nSPS) is 12.9. The zero-order valence-electron chi connectivity index (χ0n) is 11.2. The molecular formula is C13H15Br2ClN2OS. The highest BCUT2D eigenvalue weighted by Crippen LogP contribution is 2.37. The van der Waals surface area contributed by atoms with Crippen molar-refractivity contribution >= 4 is 54.8 Å². The van der Waals surface area contributed by atoms with Crippen LogP contribution in [-0.4, -0.2) is 14.9 Å². The molecule has 7 heteroatoms. The largest absolute Gasteiger partial charge is 0.387 e. The van der Waals surface area contributed by atoms with Crippen molar-refractivity contribution in [1.29, 1.82) is 0 Å². The lowest BCUT2D eigenvalue weighted by Crippen LogP contribution is -2.08. The van der Waals surface area contributed by atoms with Gasteiger partial charge in [-0.25, -0.2) is 0 Å². The molecule has 1 atom stereocenters. The Kier molecular flexibility index (Phi) is 5.71. The van der Waals surface area contributed by atoms with E-state index in [1.165, 1.54) is 11.3 Å². The average molecular weight is 443 g/mol. The summed E-state index contributed by atoms with van der Waals surface area (Å²) in [7, 11) is 0. The number of aliphatic hydroxyl groups is 1. The SMILES string of the molecule is CCc1nn(CC)c(CC(O)c2cc(Br)c(Br)s2)c1Cl. The Labute approximate surface area is 144 Å². The van der Waals surface area contributed by atoms with Gasteiger partial charge in [-0.15, -0.1) is 11.3 Å². The highest BCUT2D eigenvalue weighted by molar-refractivity contribution is 9.13. The van der Waals surface area contributed by atoms with Crippen molar-refractivity contribution in [2.75, 3.05) is 0 Å². The number of halogens is 3. The van der Waals surface area contributed by atoms with Crippen molar-refractivity contribution in [3.63, 3.8) is 0 Å². The molecule has 2 aromatic rings. The molecule has 0 fully saturated rings. The number of rotatable bonds is 5. The fourth-order valence-electron chi connectivity index (χ4n) is 2.02. The van der Waals surface area contributed by atoms with Gasteiger partial charge in [0.15, 0.2) is 0 Å². The summed E-state index contributed by atoms with van der Waals surface area (Å²) in [5.74, 6) is 0. The molecule has 0 aliphatic heterocycles. The molecule has 0 aliphatic carbocycles. The zero-order valence-corrected chi connectivity index (χ0v) is 15.9. The van der Waals surface area contributed by atoms with Gasteiger partial charge in [0.2, 0.25) is 0 Å². The van der Waals surface area contributed by atoms with Crippen LogP contribution in [-0.2, 0) is 19.4 Å². The molecule has 0 amide bonds. The molecule has 2 aromatic heterocycles. The van der Waals surface area contributed by atoms with Gasteiger partial charge in [0.25, 0.3) is 0 Å². The zero-order chi connectivity index (χ0) is 14.9. The van der Waals surface area contributed by atoms with Crippen LogP contribution in [0.2, 0.25) is 5.02 Å². The fourth-order valence-corrected chi connectivity index (χ4v) is 4.45. The first-order valence-corrected chi connectivity index (χ1v) is 9.12. The number of thiophene rings is 1. The Morgan fingerprint density at radius 2 is 2.15 bits per heavy atom. The summed E-state index contributed by atoms with van der Waals surface area (Å²) in [6, 6.07) is 1.93. The van der Waals surface area contributed by atoms with E-state index < -0.39 is 6.10 Å². The van der Waals surface area contributed by atoms with E-state index >= 15 is 0 Å². The van der Waals surface area contributed by atoms with Gasteiger partial charge in [-0.2, -0.15) is 5.10 Å². The van der Waals surface area contributed by atoms with Crippen molar-refractivity contribution < 1.29 is 5.11 Å². The monoisotopic (exact) mass is 440 g/mol. The first-order valence-electron chi connectivity index (χ1n) is 6.34. The lowest BCUT2D eigenvalue weighted by Gasteiger charge is -2.10. The molecule has 0 spiro atoms. The van der Waals surface area contributed by atoms with Crippen molar-refractivity contribution in [3.05, 3.63) is 35.6 Å². The van der Waals surface area contributed by atoms with Crippen LogP contribution in [0.5, 0.6) is 0 Å². The van der Waals surface area contributed by atoms with Crippen LogP contribution in [0, 0.1) is 0 Å². The second kappa shape index (κ2) is 6.92. The number of aromatic nitrogens is 2. The smallest absolute Gasteiger partial charge is 0.0938 e. The average Bonchev–Trinajstić information content (AvgIpc) is 2.92. The molecule has 0 aromatic carbocycles. The Bertz CT molecular complexity index is 592. The number of aliphatic hydroxyl groups excluding tert-OH is 1. The minimum atomic E-state index is -0.577. The molecular weight excluding hydrogens is 427 g/mol. The van der Waals surface area contributed by atoms with Crippen LogP contribution in [0.4, 0.5) is 0 Å². The molecule has 3 nitrogen and oxygen atoms in total. The molecule has 0 saturated heterocycles. The first kappa shape index (κ1) is 16.5. The molecule has 1 unspecified atom stereocenters. The van der Waals surface area contributed by atoms with E-state index in [4.69, 9.17) is 11.6 Å². The molecule has 110 valence electrons. The predicted octanol–water partition coefficient (Wildman–Crippen LogP) is 4.98. The third-order valence-corrected chi connectivity index (χ3v) is 6.87. The van der Waals surface area contributed by atoms with Gasteiger partial charge in [-0.1, -0.05) is 18.5 Å². The summed E-state index contributed by atoms with van der Waals surface area (Å²) in [5.41, 5.74) is 1.79. The third-order valence-electron chi connectivity index (χ3n) is 3.07. The number of aryl methyl sites for hydroxylation is 2. The summed E-state index contributed by atoms with van der Waals surface area (Å²) < 4.78 is 3.82. The van der Waals surface area contributed by atoms with Crippen molar-refractivity contribution in [2.45, 2.75) is 39.3 Å². The van der Waals surface area contributed by atoms with E-state index in [1.54, 1.807) is 0 Å². The minimum absolute atomic E-state index is 0.471. The number of nitrogens with zero attached hydrogens (tertiary/aromatic N) is 2. The second-order valence-electron chi connectivity index (χ2n) is 4.37. The molecule has 0 radical (unpaired) electrons. The second-order valence-corrected chi connectivity index (χ2v) is 8.00. The maximum absolute atomic E-state index is 10.4. The maximum Gasteiger partial charge on any atom is 0.0938 e. The van der Waals surface area contributed by atoms with Crippen molar-refractivity contribution in [3.8, 4) is 0 Å². The summed E-state index contributed by atoms with van der Waals surface area (Å²) in [6.07, 6.45) is 0.691. The Balaban J connectivity index is 2.27. The van der Waals surface area contributed by atoms with Crippen molar-refractivity contribution in [2.24, 2.45) is 0 Å². The van der Waals surface area contributed by atoms with Gasteiger partial charge in [-0.3, -0.25) is 4.68 Å². The minimum Gasteiger partial charge on any atom is -0.387 e. The van der Waals surface area contributed by atoms with Crippen LogP contribution in [0.3, 0.4) is 0 Å². The van der Waals surface area contributed by atoms with Crippen LogP contribution in [0.1, 0.15) is 36.2 Å². The third kappa shape index (κ3) is 3.30. The van der Waals surface area contributed by atoms with Gasteiger partial charge in [0, 0.05) is 22.3 Å². The van der Waals surface area contributed by atoms with E-state index in [0.29, 0.717) is 11.4 Å². The highest BCUT2D eigenvalue weighted by atomic mass is 79.9. The summed E-state index contributed by atoms with van der Waals surface area (Å²) in [6.45, 7) is 4.80. The highest BCUT2D eigenvalue weighted by Gasteiger charge is 2.20. The molecule has 20 heavy (non-hydrogen) atoms. The molecule has 2 heterocycles. The Morgan fingerprint density at radius 1 is 1.45 bits per heavy atom. The van der Waals surface area contributed by atoms with E-state index in [2.05, 4.69) is 37.0 Å². The number of hydrogen-bond acceptors (Lipinski definition) is 3. The molecule has 2 rings (SSSR count). The van der Waals surface area contributed by atoms with Crippen LogP contribution < -0.4 is 0 Å². The maximum atomic E-state index is 10.4. The topological polar surface area (TPSA) is 38.0 Å². The van der Waals surface area contributed by atoms with E-state index in [9.17, 15) is 5.11 Å². The first-order chi connectivity index (χ1) is 9.47. The Morgan fingerprint density at radius 3 is 2.65 bits per heavy atom. The van der Waals surface area contributed by atoms with Gasteiger partial charge < -0.3 is 5.11 Å². The van der Waals surface area contributed by atoms with E-state index in [0.717, 1.165) is 37.5 Å². The van der Waals surface area contributed by atoms with Gasteiger partial charge in [0.05, 0.1) is 26.3 Å². The van der Waals surface area contributed by atoms with Gasteiger partial charge in [-0.05, 0) is 51.3 Å². The van der Waals surface area contributed by atoms with E-state index in [-0.39, 0.29) is 0 Å². The fraction of sp³-hybridized carbons (Fsp3) is 0.462. The quantitative estimate of drug-likeness (QED) is 0.709. The van der Waals surface area contributed by atoms with E-state index in [1.807, 2.05) is 24.6 Å².